The monoisotopic (exact) mass is 957 g/mol. The number of fused-ring (bicyclic) bond motifs is 4. The van der Waals surface area contributed by atoms with Crippen LogP contribution in [0.5, 0.6) is 0 Å². The number of nitrogens with zero attached hydrogens (tertiary/aromatic N) is 4. The van der Waals surface area contributed by atoms with E-state index in [1.807, 2.05) is 85.3 Å². The molecule has 2 fully saturated rings. The van der Waals surface area contributed by atoms with Gasteiger partial charge in [0.1, 0.15) is 11.8 Å². The van der Waals surface area contributed by atoms with Crippen molar-refractivity contribution in [1.29, 1.82) is 0 Å². The summed E-state index contributed by atoms with van der Waals surface area (Å²) in [5.74, 6) is -4.71. The van der Waals surface area contributed by atoms with Crippen molar-refractivity contribution in [2.45, 2.75) is 110 Å². The zero-order chi connectivity index (χ0) is 49.9. The fourth-order valence-electron chi connectivity index (χ4n) is 9.54. The van der Waals surface area contributed by atoms with Crippen LogP contribution in [0.25, 0.3) is 10.9 Å². The zero-order valence-electron chi connectivity index (χ0n) is 41.0. The van der Waals surface area contributed by atoms with E-state index in [1.165, 1.54) is 0 Å². The molecule has 0 radical (unpaired) electrons. The second kappa shape index (κ2) is 27.6. The lowest BCUT2D eigenvalue weighted by Gasteiger charge is -2.37. The molecule has 1 aromatic heterocycles. The van der Waals surface area contributed by atoms with E-state index < -0.39 is 47.7 Å². The third-order valence-electron chi connectivity index (χ3n) is 14.1. The maximum Gasteiger partial charge on any atom is 0.320 e. The highest BCUT2D eigenvalue weighted by atomic mass is 16.4. The van der Waals surface area contributed by atoms with Crippen LogP contribution in [0, 0.1) is 17.8 Å². The Balaban J connectivity index is 1.09. The molecule has 2 saturated heterocycles. The molecule has 4 unspecified atom stereocenters. The first kappa shape index (κ1) is 54.5. The maximum atomic E-state index is 13.9. The van der Waals surface area contributed by atoms with E-state index in [0.717, 1.165) is 73.2 Å². The van der Waals surface area contributed by atoms with E-state index in [4.69, 9.17) is 5.73 Å². The topological polar surface area (TPSA) is 239 Å². The number of carboxylic acid groups (broad SMARTS) is 2. The number of carboxylic acids is 2. The van der Waals surface area contributed by atoms with Crippen LogP contribution < -0.4 is 16.4 Å². The minimum Gasteiger partial charge on any atom is -0.480 e. The lowest BCUT2D eigenvalue weighted by Crippen LogP contribution is -2.50. The molecule has 2 aliphatic rings. The standard InChI is InChI=1S/C52H76N8O9/c1-4-36(2)49(56-50(66)37(3)31-41-34-54-44-10-6-5-9-43(41)44)46(62)32-40(16-20-47(53)63)51(67)55-33-39-13-11-38(12-14-39)15-17-42(61)18-19-45(52(68)69)60-24-8-22-57-25-26-58(29-30-60)21-7-23-59(28-27-57)35-48(64)65/h5-6,9-14,34,36-37,40,45,49,54H,4,7-8,15-33,35H2,1-3H3,(H2,53,63)(H,55,67)(H,56,66)(H,64,65)(H,68,69)/t36?,37-,40+,45?,49-/m0/s1. The molecule has 17 nitrogen and oxygen atoms in total. The molecule has 0 spiro atoms. The van der Waals surface area contributed by atoms with Crippen molar-refractivity contribution < 1.29 is 43.8 Å². The molecular formula is C52H76N8O9. The molecule has 17 heteroatoms. The molecule has 378 valence electrons. The van der Waals surface area contributed by atoms with Crippen LogP contribution in [0.4, 0.5) is 0 Å². The lowest BCUT2D eigenvalue weighted by atomic mass is 9.87. The average Bonchev–Trinajstić information content (AvgIpc) is 3.73. The number of ketones is 2. The average molecular weight is 957 g/mol. The number of amides is 3. The minimum absolute atomic E-state index is 0.00820. The van der Waals surface area contributed by atoms with Crippen molar-refractivity contribution in [2.75, 3.05) is 72.0 Å². The van der Waals surface area contributed by atoms with Crippen LogP contribution in [0.3, 0.4) is 0 Å². The van der Waals surface area contributed by atoms with Crippen molar-refractivity contribution in [3.05, 3.63) is 71.4 Å². The molecule has 7 N–H and O–H groups in total. The molecule has 2 aromatic carbocycles. The predicted octanol–water partition coefficient (Wildman–Crippen LogP) is 3.87. The number of aromatic amines is 1. The lowest BCUT2D eigenvalue weighted by molar-refractivity contribution is -0.144. The van der Waals surface area contributed by atoms with Crippen LogP contribution in [0.2, 0.25) is 0 Å². The molecule has 2 aliphatic heterocycles. The number of aromatic nitrogens is 1. The summed E-state index contributed by atoms with van der Waals surface area (Å²) in [6, 6.07) is 13.8. The maximum absolute atomic E-state index is 13.9. The summed E-state index contributed by atoms with van der Waals surface area (Å²) in [5, 5.41) is 26.6. The smallest absolute Gasteiger partial charge is 0.320 e. The number of carbonyl (C=O) groups excluding carboxylic acids is 5. The Bertz CT molecular complexity index is 2180. The van der Waals surface area contributed by atoms with Gasteiger partial charge in [0.15, 0.2) is 5.78 Å². The van der Waals surface area contributed by atoms with E-state index in [9.17, 15) is 43.8 Å². The number of aliphatic carboxylic acids is 2. The first-order chi connectivity index (χ1) is 33.1. The van der Waals surface area contributed by atoms with Gasteiger partial charge in [-0.2, -0.15) is 0 Å². The van der Waals surface area contributed by atoms with E-state index in [2.05, 4.69) is 25.4 Å². The second-order valence-electron chi connectivity index (χ2n) is 19.3. The van der Waals surface area contributed by atoms with Crippen molar-refractivity contribution in [3.8, 4) is 0 Å². The molecule has 5 rings (SSSR count). The number of H-pyrrole nitrogens is 1. The van der Waals surface area contributed by atoms with Crippen LogP contribution in [-0.2, 0) is 52.9 Å². The van der Waals surface area contributed by atoms with Crippen molar-refractivity contribution in [2.24, 2.45) is 23.5 Å². The predicted molar refractivity (Wildman–Crippen MR) is 264 cm³/mol. The number of hydrogen-bond acceptors (Lipinski definition) is 11. The van der Waals surface area contributed by atoms with Gasteiger partial charge in [0.05, 0.1) is 12.6 Å². The Hall–Kier alpha value is -5.49. The first-order valence-corrected chi connectivity index (χ1v) is 25.0. The number of primary amides is 1. The molecule has 3 aromatic rings. The van der Waals surface area contributed by atoms with Gasteiger partial charge in [0, 0.05) is 114 Å². The van der Waals surface area contributed by atoms with Crippen LogP contribution in [0.15, 0.2) is 54.7 Å². The van der Waals surface area contributed by atoms with E-state index >= 15 is 0 Å². The normalized spacial score (nSPS) is 19.6. The summed E-state index contributed by atoms with van der Waals surface area (Å²) in [6.45, 7) is 13.2. The van der Waals surface area contributed by atoms with E-state index in [-0.39, 0.29) is 75.0 Å². The molecule has 0 saturated carbocycles. The van der Waals surface area contributed by atoms with Gasteiger partial charge in [-0.15, -0.1) is 0 Å². The van der Waals surface area contributed by atoms with Gasteiger partial charge >= 0.3 is 11.9 Å². The number of nitrogens with one attached hydrogen (secondary N) is 3. The zero-order valence-corrected chi connectivity index (χ0v) is 41.0. The summed E-state index contributed by atoms with van der Waals surface area (Å²) in [5.41, 5.74) is 9.18. The molecule has 2 bridgehead atoms. The number of hydrogen-bond donors (Lipinski definition) is 6. The molecular weight excluding hydrogens is 881 g/mol. The number of Topliss-reactive ketones (excluding diaryl/α,β-unsaturated/α-hetero) is 2. The number of carbonyl (C=O) groups is 7. The third-order valence-corrected chi connectivity index (χ3v) is 14.1. The summed E-state index contributed by atoms with van der Waals surface area (Å²) in [6.07, 6.45) is 5.59. The first-order valence-electron chi connectivity index (χ1n) is 25.0. The summed E-state index contributed by atoms with van der Waals surface area (Å²) < 4.78 is 0. The number of rotatable bonds is 25. The number of aryl methyl sites for hydroxylation is 1. The highest BCUT2D eigenvalue weighted by Crippen LogP contribution is 2.23. The Morgan fingerprint density at radius 2 is 1.42 bits per heavy atom. The van der Waals surface area contributed by atoms with E-state index in [0.29, 0.717) is 52.0 Å². The molecule has 7 atom stereocenters. The summed E-state index contributed by atoms with van der Waals surface area (Å²) in [7, 11) is 0. The van der Waals surface area contributed by atoms with Crippen molar-refractivity contribution in [3.63, 3.8) is 0 Å². The minimum atomic E-state index is -0.926. The van der Waals surface area contributed by atoms with Crippen molar-refractivity contribution in [1.82, 2.24) is 35.2 Å². The fourth-order valence-corrected chi connectivity index (χ4v) is 9.54. The van der Waals surface area contributed by atoms with Crippen LogP contribution >= 0.6 is 0 Å². The fraction of sp³-hybridized carbons (Fsp3) is 0.596. The molecule has 3 heterocycles. The van der Waals surface area contributed by atoms with Gasteiger partial charge in [0.2, 0.25) is 17.7 Å². The van der Waals surface area contributed by atoms with Gasteiger partial charge in [0.25, 0.3) is 0 Å². The van der Waals surface area contributed by atoms with Gasteiger partial charge in [-0.1, -0.05) is 69.7 Å². The molecule has 69 heavy (non-hydrogen) atoms. The Labute approximate surface area is 406 Å². The SMILES string of the molecule is CCC(C)[C@H](NC(=O)[C@@H](C)Cc1c[nH]c2ccccc12)C(=O)C[C@@H](CCC(N)=O)C(=O)NCc1ccc(CCC(=O)CCC(C(=O)O)N2CCCN3CCN(CCCN(CC(=O)O)CC3)CC2)cc1. The molecule has 0 aliphatic carbocycles. The largest absolute Gasteiger partial charge is 0.480 e. The highest BCUT2D eigenvalue weighted by Gasteiger charge is 2.32. The number of para-hydroxylation sites is 1. The van der Waals surface area contributed by atoms with E-state index in [1.54, 1.807) is 0 Å². The highest BCUT2D eigenvalue weighted by molar-refractivity contribution is 5.93. The number of benzene rings is 2. The van der Waals surface area contributed by atoms with Crippen LogP contribution in [-0.4, -0.2) is 160 Å². The second-order valence-corrected chi connectivity index (χ2v) is 19.3. The Kier molecular flexibility index (Phi) is 21.8. The van der Waals surface area contributed by atoms with Crippen LogP contribution in [0.1, 0.15) is 95.2 Å². The quantitative estimate of drug-likeness (QED) is 0.0709. The van der Waals surface area contributed by atoms with Gasteiger partial charge in [-0.25, -0.2) is 0 Å². The summed E-state index contributed by atoms with van der Waals surface area (Å²) >= 11 is 0. The van der Waals surface area contributed by atoms with Gasteiger partial charge in [-0.05, 0) is 80.3 Å². The van der Waals surface area contributed by atoms with Gasteiger partial charge < -0.3 is 41.4 Å². The van der Waals surface area contributed by atoms with Gasteiger partial charge in [-0.3, -0.25) is 43.4 Å². The molecule has 3 amide bonds. The summed E-state index contributed by atoms with van der Waals surface area (Å²) in [4.78, 5) is 102. The Morgan fingerprint density at radius 3 is 2.10 bits per heavy atom. The third kappa shape index (κ3) is 17.8. The Morgan fingerprint density at radius 1 is 0.754 bits per heavy atom. The van der Waals surface area contributed by atoms with Crippen molar-refractivity contribution >= 4 is 52.1 Å². The number of nitrogens with two attached hydrogens (primary N) is 1.